The molecular weight excluding hydrogens is 228 g/mol. The highest BCUT2D eigenvalue weighted by molar-refractivity contribution is 5.58. The van der Waals surface area contributed by atoms with Crippen LogP contribution in [0.4, 0.5) is 11.5 Å². The molecule has 17 heavy (non-hydrogen) atoms. The molecule has 0 unspecified atom stereocenters. The second kappa shape index (κ2) is 5.74. The van der Waals surface area contributed by atoms with Gasteiger partial charge < -0.3 is 15.5 Å². The number of pyridine rings is 1. The molecule has 8 heteroatoms. The third-order valence-corrected chi connectivity index (χ3v) is 1.97. The predicted octanol–water partition coefficient (Wildman–Crippen LogP) is -0.373. The van der Waals surface area contributed by atoms with E-state index in [4.69, 9.17) is 15.5 Å². The first-order chi connectivity index (χ1) is 8.12. The van der Waals surface area contributed by atoms with Crippen LogP contribution in [-0.4, -0.2) is 39.4 Å². The average molecular weight is 238 g/mol. The number of anilines is 1. The molecule has 1 aromatic rings. The van der Waals surface area contributed by atoms with Crippen LogP contribution in [0.5, 0.6) is 0 Å². The quantitative estimate of drug-likeness (QED) is 0.470. The van der Waals surface area contributed by atoms with Gasteiger partial charge in [0.25, 0.3) is 0 Å². The van der Waals surface area contributed by atoms with Gasteiger partial charge in [-0.25, -0.2) is 4.98 Å². The molecule has 0 atom stereocenters. The van der Waals surface area contributed by atoms with E-state index in [1.807, 2.05) is 0 Å². The molecule has 0 aromatic carbocycles. The lowest BCUT2D eigenvalue weighted by Gasteiger charge is -2.13. The topological polar surface area (TPSA) is 132 Å². The highest BCUT2D eigenvalue weighted by atomic mass is 16.6. The van der Waals surface area contributed by atoms with Gasteiger partial charge in [-0.1, -0.05) is 0 Å². The first kappa shape index (κ1) is 12.8. The fraction of sp³-hybridized carbons (Fsp3) is 0.333. The van der Waals surface area contributed by atoms with Gasteiger partial charge in [0, 0.05) is 12.3 Å². The van der Waals surface area contributed by atoms with Gasteiger partial charge >= 0.3 is 5.69 Å². The van der Waals surface area contributed by atoms with E-state index in [9.17, 15) is 10.1 Å². The van der Waals surface area contributed by atoms with Crippen molar-refractivity contribution < 1.29 is 15.1 Å². The van der Waals surface area contributed by atoms with Gasteiger partial charge in [0.1, 0.15) is 6.07 Å². The van der Waals surface area contributed by atoms with Gasteiger partial charge in [0.05, 0.1) is 29.7 Å². The van der Waals surface area contributed by atoms with Crippen molar-refractivity contribution in [3.05, 3.63) is 27.9 Å². The Morgan fingerprint density at radius 2 is 2.24 bits per heavy atom. The van der Waals surface area contributed by atoms with E-state index >= 15 is 0 Å². The molecule has 90 valence electrons. The highest BCUT2D eigenvalue weighted by Gasteiger charge is 2.18. The zero-order valence-electron chi connectivity index (χ0n) is 8.70. The number of nitriles is 1. The molecule has 0 radical (unpaired) electrons. The van der Waals surface area contributed by atoms with Crippen molar-refractivity contribution in [2.75, 3.05) is 18.5 Å². The van der Waals surface area contributed by atoms with Gasteiger partial charge in [0.2, 0.25) is 5.82 Å². The minimum atomic E-state index is -0.742. The Kier molecular flexibility index (Phi) is 4.33. The van der Waals surface area contributed by atoms with Crippen LogP contribution >= 0.6 is 0 Å². The molecule has 1 heterocycles. The van der Waals surface area contributed by atoms with Crippen LogP contribution in [0.1, 0.15) is 5.56 Å². The maximum absolute atomic E-state index is 10.7. The Morgan fingerprint density at radius 1 is 1.59 bits per heavy atom. The second-order valence-electron chi connectivity index (χ2n) is 3.17. The number of rotatable bonds is 5. The van der Waals surface area contributed by atoms with E-state index in [1.54, 1.807) is 6.07 Å². The zero-order chi connectivity index (χ0) is 12.8. The third kappa shape index (κ3) is 3.10. The summed E-state index contributed by atoms with van der Waals surface area (Å²) in [5, 5.41) is 39.5. The average Bonchev–Trinajstić information content (AvgIpc) is 2.35. The number of nitrogens with zero attached hydrogens (tertiary/aromatic N) is 3. The molecule has 0 saturated heterocycles. The van der Waals surface area contributed by atoms with Crippen LogP contribution in [0, 0.1) is 21.4 Å². The number of nitrogens with one attached hydrogen (secondary N) is 1. The van der Waals surface area contributed by atoms with E-state index in [0.717, 1.165) is 6.07 Å². The molecule has 8 nitrogen and oxygen atoms in total. The molecule has 3 N–H and O–H groups in total. The van der Waals surface area contributed by atoms with Crippen LogP contribution in [0.2, 0.25) is 0 Å². The van der Waals surface area contributed by atoms with Crippen molar-refractivity contribution >= 4 is 11.5 Å². The SMILES string of the molecule is N#Cc1cnc(NC(CO)CO)c([N+](=O)[O-])c1. The zero-order valence-corrected chi connectivity index (χ0v) is 8.70. The lowest BCUT2D eigenvalue weighted by molar-refractivity contribution is -0.384. The Balaban J connectivity index is 3.07. The molecule has 0 amide bonds. The summed E-state index contributed by atoms with van der Waals surface area (Å²) in [6, 6.07) is 2.07. The first-order valence-corrected chi connectivity index (χ1v) is 4.65. The summed E-state index contributed by atoms with van der Waals surface area (Å²) in [6.07, 6.45) is 1.17. The molecule has 0 spiro atoms. The number of hydrogen-bond donors (Lipinski definition) is 3. The normalized spacial score (nSPS) is 10.0. The lowest BCUT2D eigenvalue weighted by Crippen LogP contribution is -2.28. The number of aliphatic hydroxyl groups excluding tert-OH is 2. The van der Waals surface area contributed by atoms with E-state index < -0.39 is 24.2 Å². The van der Waals surface area contributed by atoms with Crippen molar-refractivity contribution in [3.8, 4) is 6.07 Å². The molecular formula is C9H10N4O4. The lowest BCUT2D eigenvalue weighted by atomic mass is 10.2. The predicted molar refractivity (Wildman–Crippen MR) is 57.2 cm³/mol. The van der Waals surface area contributed by atoms with Crippen molar-refractivity contribution in [1.29, 1.82) is 5.26 Å². The summed E-state index contributed by atoms with van der Waals surface area (Å²) >= 11 is 0. The Hall–Kier alpha value is -2.24. The minimum Gasteiger partial charge on any atom is -0.394 e. The van der Waals surface area contributed by atoms with Gasteiger partial charge in [-0.3, -0.25) is 10.1 Å². The standard InChI is InChI=1S/C9H10N4O4/c10-2-6-1-8(13(16)17)9(11-3-6)12-7(4-14)5-15/h1,3,7,14-15H,4-5H2,(H,11,12). The van der Waals surface area contributed by atoms with Gasteiger partial charge in [0.15, 0.2) is 0 Å². The summed E-state index contributed by atoms with van der Waals surface area (Å²) < 4.78 is 0. The van der Waals surface area contributed by atoms with E-state index in [2.05, 4.69) is 10.3 Å². The monoisotopic (exact) mass is 238 g/mol. The van der Waals surface area contributed by atoms with E-state index in [0.29, 0.717) is 0 Å². The molecule has 0 aliphatic carbocycles. The van der Waals surface area contributed by atoms with Gasteiger partial charge in [-0.15, -0.1) is 0 Å². The Bertz CT molecular complexity index is 453. The summed E-state index contributed by atoms with van der Waals surface area (Å²) in [4.78, 5) is 13.8. The van der Waals surface area contributed by atoms with Crippen LogP contribution in [0.25, 0.3) is 0 Å². The summed E-state index contributed by atoms with van der Waals surface area (Å²) in [5.41, 5.74) is -0.317. The van der Waals surface area contributed by atoms with Crippen LogP contribution < -0.4 is 5.32 Å². The van der Waals surface area contributed by atoms with E-state index in [-0.39, 0.29) is 17.1 Å². The van der Waals surface area contributed by atoms with Crippen LogP contribution in [0.15, 0.2) is 12.3 Å². The molecule has 0 fully saturated rings. The molecule has 1 rings (SSSR count). The van der Waals surface area contributed by atoms with Gasteiger partial charge in [-0.05, 0) is 0 Å². The molecule has 0 saturated carbocycles. The highest BCUT2D eigenvalue weighted by Crippen LogP contribution is 2.22. The Labute approximate surface area is 96.3 Å². The first-order valence-electron chi connectivity index (χ1n) is 4.65. The molecule has 0 bridgehead atoms. The van der Waals surface area contributed by atoms with Crippen LogP contribution in [-0.2, 0) is 0 Å². The molecule has 0 aliphatic rings. The van der Waals surface area contributed by atoms with Gasteiger partial charge in [-0.2, -0.15) is 5.26 Å². The van der Waals surface area contributed by atoms with Crippen LogP contribution in [0.3, 0.4) is 0 Å². The largest absolute Gasteiger partial charge is 0.394 e. The number of aliphatic hydroxyl groups is 2. The molecule has 0 aliphatic heterocycles. The number of hydrogen-bond acceptors (Lipinski definition) is 7. The number of aromatic nitrogens is 1. The fourth-order valence-electron chi connectivity index (χ4n) is 1.11. The maximum Gasteiger partial charge on any atom is 0.312 e. The fourth-order valence-corrected chi connectivity index (χ4v) is 1.11. The third-order valence-electron chi connectivity index (χ3n) is 1.97. The second-order valence-corrected chi connectivity index (χ2v) is 3.17. The summed E-state index contributed by atoms with van der Waals surface area (Å²) in [5.74, 6) is -0.0953. The van der Waals surface area contributed by atoms with Crippen molar-refractivity contribution in [2.45, 2.75) is 6.04 Å². The minimum absolute atomic E-state index is 0.0618. The van der Waals surface area contributed by atoms with Crippen molar-refractivity contribution in [2.24, 2.45) is 0 Å². The smallest absolute Gasteiger partial charge is 0.312 e. The summed E-state index contributed by atoms with van der Waals surface area (Å²) in [7, 11) is 0. The number of nitro groups is 1. The maximum atomic E-state index is 10.7. The van der Waals surface area contributed by atoms with Crippen molar-refractivity contribution in [3.63, 3.8) is 0 Å². The Morgan fingerprint density at radius 3 is 2.71 bits per heavy atom. The van der Waals surface area contributed by atoms with E-state index in [1.165, 1.54) is 6.20 Å². The molecule has 1 aromatic heterocycles. The summed E-state index contributed by atoms with van der Waals surface area (Å²) in [6.45, 7) is -0.787. The van der Waals surface area contributed by atoms with Crippen molar-refractivity contribution in [1.82, 2.24) is 4.98 Å².